The Morgan fingerprint density at radius 3 is 2.53 bits per heavy atom. The van der Waals surface area contributed by atoms with Gasteiger partial charge in [-0.2, -0.15) is 4.68 Å². The minimum Gasteiger partial charge on any atom is -0.267 e. The van der Waals surface area contributed by atoms with Gasteiger partial charge in [0.2, 0.25) is 0 Å². The standard InChI is InChI=1S/C13H18N4/c1-9(2)13(14-10(3)4)17-12-8-6-5-7-11(12)15-16-17/h5-10H,1-4H3. The summed E-state index contributed by atoms with van der Waals surface area (Å²) in [6, 6.07) is 8.21. The van der Waals surface area contributed by atoms with Crippen molar-refractivity contribution >= 4 is 16.9 Å². The minimum absolute atomic E-state index is 0.260. The van der Waals surface area contributed by atoms with Crippen LogP contribution in [0.5, 0.6) is 0 Å². The first-order valence-electron chi connectivity index (χ1n) is 5.98. The van der Waals surface area contributed by atoms with Gasteiger partial charge in [-0.3, -0.25) is 4.99 Å². The van der Waals surface area contributed by atoms with E-state index in [1.54, 1.807) is 0 Å². The van der Waals surface area contributed by atoms with Gasteiger partial charge in [-0.1, -0.05) is 31.2 Å². The molecule has 0 amide bonds. The molecular formula is C13H18N4. The largest absolute Gasteiger partial charge is 0.267 e. The maximum Gasteiger partial charge on any atom is 0.130 e. The number of hydrogen-bond acceptors (Lipinski definition) is 3. The molecule has 4 nitrogen and oxygen atoms in total. The zero-order valence-corrected chi connectivity index (χ0v) is 10.8. The highest BCUT2D eigenvalue weighted by atomic mass is 15.4. The summed E-state index contributed by atoms with van der Waals surface area (Å²) in [7, 11) is 0. The van der Waals surface area contributed by atoms with Crippen LogP contribution in [0.2, 0.25) is 0 Å². The lowest BCUT2D eigenvalue weighted by Crippen LogP contribution is -2.21. The van der Waals surface area contributed by atoms with E-state index in [0.29, 0.717) is 5.92 Å². The molecule has 90 valence electrons. The number of benzene rings is 1. The fourth-order valence-corrected chi connectivity index (χ4v) is 1.75. The average molecular weight is 230 g/mol. The number of para-hydroxylation sites is 1. The molecule has 0 aliphatic heterocycles. The Balaban J connectivity index is 2.57. The molecule has 0 radical (unpaired) electrons. The minimum atomic E-state index is 0.260. The summed E-state index contributed by atoms with van der Waals surface area (Å²) in [5, 5.41) is 8.37. The fourth-order valence-electron chi connectivity index (χ4n) is 1.75. The number of nitrogens with zero attached hydrogens (tertiary/aromatic N) is 4. The van der Waals surface area contributed by atoms with Crippen molar-refractivity contribution in [2.75, 3.05) is 0 Å². The van der Waals surface area contributed by atoms with Crippen LogP contribution in [0.3, 0.4) is 0 Å². The Kier molecular flexibility index (Phi) is 3.22. The van der Waals surface area contributed by atoms with Gasteiger partial charge in [0.1, 0.15) is 11.4 Å². The summed E-state index contributed by atoms with van der Waals surface area (Å²) in [5.74, 6) is 1.29. The van der Waals surface area contributed by atoms with Gasteiger partial charge in [-0.05, 0) is 26.0 Å². The molecule has 2 aromatic rings. The van der Waals surface area contributed by atoms with E-state index >= 15 is 0 Å². The van der Waals surface area contributed by atoms with E-state index in [-0.39, 0.29) is 6.04 Å². The van der Waals surface area contributed by atoms with Crippen molar-refractivity contribution in [3.8, 4) is 0 Å². The molecule has 17 heavy (non-hydrogen) atoms. The monoisotopic (exact) mass is 230 g/mol. The van der Waals surface area contributed by atoms with E-state index in [1.165, 1.54) is 0 Å². The molecule has 0 spiro atoms. The first kappa shape index (κ1) is 11.8. The average Bonchev–Trinajstić information content (AvgIpc) is 2.69. The van der Waals surface area contributed by atoms with Gasteiger partial charge in [0.25, 0.3) is 0 Å². The number of fused-ring (bicyclic) bond motifs is 1. The van der Waals surface area contributed by atoms with E-state index < -0.39 is 0 Å². The first-order chi connectivity index (χ1) is 8.09. The maximum atomic E-state index is 4.65. The fraction of sp³-hybridized carbons (Fsp3) is 0.462. The molecular weight excluding hydrogens is 212 g/mol. The highest BCUT2D eigenvalue weighted by Gasteiger charge is 2.13. The number of aromatic nitrogens is 3. The normalized spacial score (nSPS) is 12.9. The molecule has 0 unspecified atom stereocenters. The van der Waals surface area contributed by atoms with E-state index in [9.17, 15) is 0 Å². The summed E-state index contributed by atoms with van der Waals surface area (Å²) in [6.45, 7) is 8.39. The van der Waals surface area contributed by atoms with Crippen LogP contribution in [0.15, 0.2) is 29.3 Å². The molecule has 0 atom stereocenters. The molecule has 1 aromatic carbocycles. The molecule has 2 rings (SSSR count). The summed E-state index contributed by atoms with van der Waals surface area (Å²) < 4.78 is 1.85. The molecule has 1 heterocycles. The summed E-state index contributed by atoms with van der Waals surface area (Å²) in [4.78, 5) is 4.65. The van der Waals surface area contributed by atoms with Gasteiger partial charge in [-0.25, -0.2) is 0 Å². The lowest BCUT2D eigenvalue weighted by molar-refractivity contribution is 0.730. The second kappa shape index (κ2) is 4.65. The zero-order valence-electron chi connectivity index (χ0n) is 10.8. The SMILES string of the molecule is CC(C)N=C(C(C)C)n1nnc2ccccc21. The van der Waals surface area contributed by atoms with Crippen molar-refractivity contribution < 1.29 is 0 Å². The Hall–Kier alpha value is -1.71. The number of rotatable bonds is 2. The van der Waals surface area contributed by atoms with Crippen molar-refractivity contribution in [1.29, 1.82) is 0 Å². The number of hydrogen-bond donors (Lipinski definition) is 0. The van der Waals surface area contributed by atoms with Crippen LogP contribution in [-0.2, 0) is 0 Å². The topological polar surface area (TPSA) is 43.1 Å². The first-order valence-corrected chi connectivity index (χ1v) is 5.98. The molecule has 1 aromatic heterocycles. The molecule has 0 fully saturated rings. The highest BCUT2D eigenvalue weighted by Crippen LogP contribution is 2.13. The van der Waals surface area contributed by atoms with Gasteiger partial charge < -0.3 is 0 Å². The van der Waals surface area contributed by atoms with Crippen LogP contribution in [0.4, 0.5) is 0 Å². The predicted octanol–water partition coefficient (Wildman–Crippen LogP) is 2.74. The molecule has 0 aliphatic carbocycles. The van der Waals surface area contributed by atoms with Crippen molar-refractivity contribution in [2.24, 2.45) is 10.9 Å². The molecule has 0 N–H and O–H groups in total. The van der Waals surface area contributed by atoms with Gasteiger partial charge in [0.05, 0.1) is 5.52 Å². The maximum absolute atomic E-state index is 4.65. The van der Waals surface area contributed by atoms with Gasteiger partial charge in [0, 0.05) is 12.0 Å². The lowest BCUT2D eigenvalue weighted by Gasteiger charge is -2.12. The van der Waals surface area contributed by atoms with E-state index in [0.717, 1.165) is 16.9 Å². The molecule has 0 saturated carbocycles. The second-order valence-electron chi connectivity index (χ2n) is 4.73. The summed E-state index contributed by atoms with van der Waals surface area (Å²) in [5.41, 5.74) is 1.92. The Labute approximate surface area is 101 Å². The summed E-state index contributed by atoms with van der Waals surface area (Å²) >= 11 is 0. The Morgan fingerprint density at radius 1 is 1.18 bits per heavy atom. The molecule has 0 saturated heterocycles. The summed E-state index contributed by atoms with van der Waals surface area (Å²) in [6.07, 6.45) is 0. The van der Waals surface area contributed by atoms with Crippen molar-refractivity contribution in [3.05, 3.63) is 24.3 Å². The molecule has 0 aliphatic rings. The molecule has 0 bridgehead atoms. The van der Waals surface area contributed by atoms with Crippen molar-refractivity contribution in [1.82, 2.24) is 15.0 Å². The van der Waals surface area contributed by atoms with Crippen molar-refractivity contribution in [3.63, 3.8) is 0 Å². The van der Waals surface area contributed by atoms with Gasteiger partial charge >= 0.3 is 0 Å². The van der Waals surface area contributed by atoms with E-state index in [2.05, 4.69) is 43.0 Å². The van der Waals surface area contributed by atoms with Crippen LogP contribution in [0.25, 0.3) is 11.0 Å². The lowest BCUT2D eigenvalue weighted by atomic mass is 10.2. The smallest absolute Gasteiger partial charge is 0.130 e. The van der Waals surface area contributed by atoms with Crippen LogP contribution >= 0.6 is 0 Å². The van der Waals surface area contributed by atoms with Gasteiger partial charge in [-0.15, -0.1) is 5.10 Å². The predicted molar refractivity (Wildman–Crippen MR) is 70.3 cm³/mol. The Morgan fingerprint density at radius 2 is 1.88 bits per heavy atom. The third-order valence-corrected chi connectivity index (χ3v) is 2.48. The quantitative estimate of drug-likeness (QED) is 0.588. The van der Waals surface area contributed by atoms with Crippen LogP contribution in [-0.4, -0.2) is 26.9 Å². The second-order valence-corrected chi connectivity index (χ2v) is 4.73. The van der Waals surface area contributed by atoms with E-state index in [4.69, 9.17) is 0 Å². The number of aliphatic imine (C=N–C) groups is 1. The van der Waals surface area contributed by atoms with Crippen LogP contribution in [0.1, 0.15) is 27.7 Å². The van der Waals surface area contributed by atoms with Crippen molar-refractivity contribution in [2.45, 2.75) is 33.7 Å². The van der Waals surface area contributed by atoms with Gasteiger partial charge in [0.15, 0.2) is 0 Å². The Bertz CT molecular complexity index is 537. The molecule has 4 heteroatoms. The van der Waals surface area contributed by atoms with Crippen LogP contribution < -0.4 is 0 Å². The van der Waals surface area contributed by atoms with Crippen LogP contribution in [0, 0.1) is 5.92 Å². The third kappa shape index (κ3) is 2.35. The van der Waals surface area contributed by atoms with E-state index in [1.807, 2.05) is 28.9 Å². The third-order valence-electron chi connectivity index (χ3n) is 2.48. The highest BCUT2D eigenvalue weighted by molar-refractivity contribution is 5.93. The zero-order chi connectivity index (χ0) is 12.4.